The Morgan fingerprint density at radius 3 is 2.23 bits per heavy atom. The van der Waals surface area contributed by atoms with Gasteiger partial charge in [-0.3, -0.25) is 9.59 Å². The van der Waals surface area contributed by atoms with Crippen molar-refractivity contribution in [3.63, 3.8) is 0 Å². The first kappa shape index (κ1) is 27.6. The standard InChI is InChI=1S/C24H25N5O3.C2HF3O2/c30-23(17-4-5-17)27-22-10-11-25-29(22)21-3-1-2-18(16-21)24(31)26-19-6-8-20(9-7-19)28-12-14-32-15-13-28;3-2(4,5)1(6)7/h1-3,6-11,16-17H,4-5,12-15H2,(H,26,31)(H,27,30);(H,6,7). The fraction of sp³-hybridized carbons (Fsp3) is 0.308. The van der Waals surface area contributed by atoms with E-state index in [2.05, 4.69) is 20.6 Å². The molecule has 206 valence electrons. The minimum absolute atomic E-state index is 0.0150. The van der Waals surface area contributed by atoms with Gasteiger partial charge in [0, 0.05) is 42.0 Å². The maximum absolute atomic E-state index is 12.8. The normalized spacial score (nSPS) is 15.1. The van der Waals surface area contributed by atoms with E-state index in [9.17, 15) is 22.8 Å². The van der Waals surface area contributed by atoms with Gasteiger partial charge < -0.3 is 25.4 Å². The molecule has 1 saturated heterocycles. The second-order valence-electron chi connectivity index (χ2n) is 8.85. The van der Waals surface area contributed by atoms with Crippen LogP contribution >= 0.6 is 0 Å². The van der Waals surface area contributed by atoms with Crippen molar-refractivity contribution in [3.05, 3.63) is 66.4 Å². The number of carbonyl (C=O) groups excluding carboxylic acids is 2. The molecule has 1 aliphatic carbocycles. The molecule has 39 heavy (non-hydrogen) atoms. The third-order valence-electron chi connectivity index (χ3n) is 5.94. The Balaban J connectivity index is 0.000000448. The van der Waals surface area contributed by atoms with Crippen LogP contribution in [0, 0.1) is 5.92 Å². The number of morpholine rings is 1. The molecule has 3 N–H and O–H groups in total. The van der Waals surface area contributed by atoms with Crippen LogP contribution in [0.15, 0.2) is 60.8 Å². The molecule has 0 bridgehead atoms. The van der Waals surface area contributed by atoms with Crippen molar-refractivity contribution in [1.82, 2.24) is 9.78 Å². The number of aromatic nitrogens is 2. The van der Waals surface area contributed by atoms with E-state index in [-0.39, 0.29) is 17.7 Å². The zero-order valence-electron chi connectivity index (χ0n) is 20.6. The second kappa shape index (κ2) is 12.0. The first-order chi connectivity index (χ1) is 18.6. The molecule has 1 aromatic heterocycles. The molecular weight excluding hydrogens is 519 g/mol. The van der Waals surface area contributed by atoms with E-state index in [1.165, 1.54) is 0 Å². The lowest BCUT2D eigenvalue weighted by atomic mass is 10.1. The Hall–Kier alpha value is -4.39. The number of amides is 2. The number of rotatable bonds is 6. The molecule has 2 heterocycles. The molecule has 3 aromatic rings. The lowest BCUT2D eigenvalue weighted by Crippen LogP contribution is -2.36. The van der Waals surface area contributed by atoms with Crippen molar-refractivity contribution in [2.75, 3.05) is 41.8 Å². The zero-order valence-corrected chi connectivity index (χ0v) is 20.6. The number of aliphatic carboxylic acids is 1. The zero-order chi connectivity index (χ0) is 28.0. The van der Waals surface area contributed by atoms with Crippen LogP contribution in [-0.4, -0.2) is 65.2 Å². The van der Waals surface area contributed by atoms with Crippen LogP contribution in [0.5, 0.6) is 0 Å². The minimum atomic E-state index is -5.08. The third kappa shape index (κ3) is 7.57. The van der Waals surface area contributed by atoms with Crippen molar-refractivity contribution in [1.29, 1.82) is 0 Å². The van der Waals surface area contributed by atoms with Crippen LogP contribution in [0.4, 0.5) is 30.4 Å². The highest BCUT2D eigenvalue weighted by Gasteiger charge is 2.38. The van der Waals surface area contributed by atoms with Gasteiger partial charge in [-0.05, 0) is 55.3 Å². The molecule has 5 rings (SSSR count). The van der Waals surface area contributed by atoms with Crippen LogP contribution < -0.4 is 15.5 Å². The van der Waals surface area contributed by atoms with Gasteiger partial charge in [-0.15, -0.1) is 0 Å². The largest absolute Gasteiger partial charge is 0.490 e. The molecule has 2 aromatic carbocycles. The van der Waals surface area contributed by atoms with Gasteiger partial charge in [0.05, 0.1) is 25.1 Å². The predicted octanol–water partition coefficient (Wildman–Crippen LogP) is 3.94. The van der Waals surface area contributed by atoms with Crippen LogP contribution in [0.3, 0.4) is 0 Å². The van der Waals surface area contributed by atoms with Crippen molar-refractivity contribution < 1.29 is 37.4 Å². The lowest BCUT2D eigenvalue weighted by Gasteiger charge is -2.28. The Kier molecular flexibility index (Phi) is 8.49. The van der Waals surface area contributed by atoms with Crippen molar-refractivity contribution in [3.8, 4) is 5.69 Å². The quantitative estimate of drug-likeness (QED) is 0.428. The second-order valence-corrected chi connectivity index (χ2v) is 8.85. The number of carboxylic acid groups (broad SMARTS) is 1. The summed E-state index contributed by atoms with van der Waals surface area (Å²) in [4.78, 5) is 36.1. The van der Waals surface area contributed by atoms with Gasteiger partial charge in [-0.25, -0.2) is 9.48 Å². The van der Waals surface area contributed by atoms with Gasteiger partial charge in [0.1, 0.15) is 5.82 Å². The Labute approximate surface area is 221 Å². The topological polar surface area (TPSA) is 126 Å². The molecule has 0 radical (unpaired) electrons. The third-order valence-corrected chi connectivity index (χ3v) is 5.94. The average Bonchev–Trinajstić information content (AvgIpc) is 3.68. The van der Waals surface area contributed by atoms with E-state index in [0.29, 0.717) is 17.1 Å². The van der Waals surface area contributed by atoms with Gasteiger partial charge in [0.25, 0.3) is 5.91 Å². The number of benzene rings is 2. The maximum atomic E-state index is 12.8. The van der Waals surface area contributed by atoms with E-state index in [1.807, 2.05) is 30.3 Å². The summed E-state index contributed by atoms with van der Waals surface area (Å²) in [5.41, 5.74) is 3.06. The van der Waals surface area contributed by atoms with Gasteiger partial charge >= 0.3 is 12.1 Å². The minimum Gasteiger partial charge on any atom is -0.475 e. The van der Waals surface area contributed by atoms with E-state index in [0.717, 1.165) is 50.5 Å². The molecule has 2 fully saturated rings. The summed E-state index contributed by atoms with van der Waals surface area (Å²) >= 11 is 0. The summed E-state index contributed by atoms with van der Waals surface area (Å²) in [6.45, 7) is 3.21. The summed E-state index contributed by atoms with van der Waals surface area (Å²) in [5, 5.41) is 17.3. The molecule has 1 saturated carbocycles. The van der Waals surface area contributed by atoms with E-state index < -0.39 is 12.1 Å². The molecule has 1 aliphatic heterocycles. The van der Waals surface area contributed by atoms with Gasteiger partial charge in [-0.1, -0.05) is 6.07 Å². The molecule has 0 spiro atoms. The van der Waals surface area contributed by atoms with Gasteiger partial charge in [0.2, 0.25) is 5.91 Å². The number of hydrogen-bond acceptors (Lipinski definition) is 6. The highest BCUT2D eigenvalue weighted by molar-refractivity contribution is 6.04. The van der Waals surface area contributed by atoms with Crippen molar-refractivity contribution in [2.24, 2.45) is 5.92 Å². The Morgan fingerprint density at radius 2 is 1.62 bits per heavy atom. The number of hydrogen-bond donors (Lipinski definition) is 3. The fourth-order valence-electron chi connectivity index (χ4n) is 3.74. The fourth-order valence-corrected chi connectivity index (χ4v) is 3.74. The number of alkyl halides is 3. The number of ether oxygens (including phenoxy) is 1. The van der Waals surface area contributed by atoms with Crippen LogP contribution in [0.25, 0.3) is 5.69 Å². The van der Waals surface area contributed by atoms with Crippen LogP contribution in [-0.2, 0) is 14.3 Å². The summed E-state index contributed by atoms with van der Waals surface area (Å²) in [6.07, 6.45) is -1.59. The monoisotopic (exact) mass is 545 g/mol. The molecule has 2 amide bonds. The summed E-state index contributed by atoms with van der Waals surface area (Å²) in [5.74, 6) is -2.25. The lowest BCUT2D eigenvalue weighted by molar-refractivity contribution is -0.192. The Morgan fingerprint density at radius 1 is 0.949 bits per heavy atom. The number of carboxylic acids is 1. The molecule has 13 heteroatoms. The molecule has 0 atom stereocenters. The van der Waals surface area contributed by atoms with Crippen molar-refractivity contribution in [2.45, 2.75) is 19.0 Å². The number of halogens is 3. The van der Waals surface area contributed by atoms with Crippen LogP contribution in [0.2, 0.25) is 0 Å². The first-order valence-corrected chi connectivity index (χ1v) is 12.1. The maximum Gasteiger partial charge on any atom is 0.490 e. The highest BCUT2D eigenvalue weighted by Crippen LogP contribution is 2.30. The molecule has 0 unspecified atom stereocenters. The SMILES string of the molecule is O=C(Nc1ccc(N2CCOCC2)cc1)c1cccc(-n2nccc2NC(=O)C2CC2)c1.O=C(O)C(F)(F)F. The number of nitrogens with zero attached hydrogens (tertiary/aromatic N) is 3. The van der Waals surface area contributed by atoms with Gasteiger partial charge in [0.15, 0.2) is 0 Å². The smallest absolute Gasteiger partial charge is 0.475 e. The van der Waals surface area contributed by atoms with E-state index >= 15 is 0 Å². The molecular formula is C26H26F3N5O5. The molecule has 2 aliphatic rings. The van der Waals surface area contributed by atoms with Crippen molar-refractivity contribution >= 4 is 35.0 Å². The predicted molar refractivity (Wildman–Crippen MR) is 136 cm³/mol. The number of carbonyl (C=O) groups is 3. The summed E-state index contributed by atoms with van der Waals surface area (Å²) < 4.78 is 38.8. The summed E-state index contributed by atoms with van der Waals surface area (Å²) in [7, 11) is 0. The number of anilines is 3. The highest BCUT2D eigenvalue weighted by atomic mass is 19.4. The molecule has 10 nitrogen and oxygen atoms in total. The van der Waals surface area contributed by atoms with E-state index in [1.54, 1.807) is 35.1 Å². The van der Waals surface area contributed by atoms with E-state index in [4.69, 9.17) is 14.6 Å². The van der Waals surface area contributed by atoms with Crippen LogP contribution in [0.1, 0.15) is 23.2 Å². The summed E-state index contributed by atoms with van der Waals surface area (Å²) in [6, 6.07) is 16.8. The first-order valence-electron chi connectivity index (χ1n) is 12.1. The average molecular weight is 546 g/mol. The number of nitrogens with one attached hydrogen (secondary N) is 2. The Bertz CT molecular complexity index is 1320. The van der Waals surface area contributed by atoms with Gasteiger partial charge in [-0.2, -0.15) is 18.3 Å².